The van der Waals surface area contributed by atoms with Gasteiger partial charge in [-0.3, -0.25) is 0 Å². The molecule has 0 spiro atoms. The summed E-state index contributed by atoms with van der Waals surface area (Å²) >= 11 is 0.874. The first-order chi connectivity index (χ1) is 4.74. The predicted molar refractivity (Wildman–Crippen MR) is 54.9 cm³/mol. The molecule has 0 saturated heterocycles. The molecule has 4 atom stereocenters. The highest BCUT2D eigenvalue weighted by atomic mass is 32.6. The third kappa shape index (κ3) is 2.29. The molecule has 0 saturated carbocycles. The van der Waals surface area contributed by atoms with Gasteiger partial charge in [0.2, 0.25) is 5.63 Å². The Kier molecular flexibility index (Phi) is 3.84. The van der Waals surface area contributed by atoms with Gasteiger partial charge >= 0.3 is 4.94 Å². The lowest BCUT2D eigenvalue weighted by Gasteiger charge is -1.98. The minimum Gasteiger partial charge on any atom is -0.394 e. The Bertz CT molecular complexity index is 258. The molecule has 0 amide bonds. The maximum atomic E-state index is 10.5. The number of hydrogen-bond donors (Lipinski definition) is 0. The van der Waals surface area contributed by atoms with Gasteiger partial charge in [-0.1, -0.05) is 16.9 Å². The molecule has 1 aromatic heterocycles. The highest BCUT2D eigenvalue weighted by Crippen LogP contribution is 2.64. The standard InChI is InChI=1S/C2H5NO2P4S/c4-2-5-1(3-10-2)9(7)8-6/h8H,6-7H2. The van der Waals surface area contributed by atoms with E-state index in [2.05, 4.69) is 22.2 Å². The zero-order valence-corrected chi connectivity index (χ0v) is 9.79. The molecule has 8 heteroatoms. The average molecular weight is 231 g/mol. The molecule has 3 nitrogen and oxygen atoms in total. The molecule has 1 heterocycles. The Hall–Kier alpha value is 1.08. The van der Waals surface area contributed by atoms with Crippen LogP contribution in [0.2, 0.25) is 0 Å². The molecule has 0 aliphatic carbocycles. The minimum atomic E-state index is -0.413. The van der Waals surface area contributed by atoms with E-state index in [1.165, 1.54) is 0 Å². The maximum absolute atomic E-state index is 10.5. The molecule has 0 N–H and O–H groups in total. The van der Waals surface area contributed by atoms with Crippen LogP contribution in [0.4, 0.5) is 0 Å². The van der Waals surface area contributed by atoms with Crippen molar-refractivity contribution in [3.8, 4) is 0 Å². The largest absolute Gasteiger partial charge is 0.414 e. The maximum Gasteiger partial charge on any atom is 0.414 e. The summed E-state index contributed by atoms with van der Waals surface area (Å²) in [5, 5.41) is 0. The van der Waals surface area contributed by atoms with E-state index >= 15 is 0 Å². The fourth-order valence-corrected chi connectivity index (χ4v) is 3.88. The summed E-state index contributed by atoms with van der Waals surface area (Å²) in [5.41, 5.74) is 0.586. The second kappa shape index (κ2) is 4.19. The lowest BCUT2D eigenvalue weighted by Crippen LogP contribution is -1.94. The van der Waals surface area contributed by atoms with Crippen molar-refractivity contribution in [3.05, 3.63) is 9.73 Å². The van der Waals surface area contributed by atoms with Gasteiger partial charge in [0.25, 0.3) is 0 Å². The van der Waals surface area contributed by atoms with Gasteiger partial charge in [0.15, 0.2) is 0 Å². The Balaban J connectivity index is 2.84. The molecule has 1 rings (SSSR count). The van der Waals surface area contributed by atoms with Crippen LogP contribution in [-0.4, -0.2) is 4.37 Å². The van der Waals surface area contributed by atoms with Crippen molar-refractivity contribution in [2.24, 2.45) is 0 Å². The van der Waals surface area contributed by atoms with Crippen LogP contribution in [0.3, 0.4) is 0 Å². The van der Waals surface area contributed by atoms with Gasteiger partial charge in [-0.25, -0.2) is 4.79 Å². The molecule has 56 valence electrons. The second-order valence-electron chi connectivity index (χ2n) is 1.32. The van der Waals surface area contributed by atoms with E-state index in [1.54, 1.807) is 0 Å². The van der Waals surface area contributed by atoms with Crippen molar-refractivity contribution in [2.45, 2.75) is 0 Å². The smallest absolute Gasteiger partial charge is 0.394 e. The van der Waals surface area contributed by atoms with Crippen LogP contribution in [0.1, 0.15) is 0 Å². The summed E-state index contributed by atoms with van der Waals surface area (Å²) in [6, 6.07) is 0. The SMILES string of the molecule is O=c1oc(P(P)PP)ns1. The van der Waals surface area contributed by atoms with Crippen molar-refractivity contribution >= 4 is 50.3 Å². The number of rotatable bonds is 2. The summed E-state index contributed by atoms with van der Waals surface area (Å²) < 4.78 is 8.64. The summed E-state index contributed by atoms with van der Waals surface area (Å²) in [4.78, 5) is 10.2. The molecule has 0 aliphatic heterocycles. The summed E-state index contributed by atoms with van der Waals surface area (Å²) in [7, 11) is 5.51. The molecule has 1 aromatic rings. The van der Waals surface area contributed by atoms with E-state index < -0.39 is 7.30 Å². The summed E-state index contributed by atoms with van der Waals surface area (Å²) in [6.45, 7) is 0. The Morgan fingerprint density at radius 1 is 1.80 bits per heavy atom. The molecular weight excluding hydrogens is 226 g/mol. The first-order valence-electron chi connectivity index (χ1n) is 2.22. The van der Waals surface area contributed by atoms with Crippen molar-refractivity contribution < 1.29 is 4.42 Å². The van der Waals surface area contributed by atoms with E-state index in [1.807, 2.05) is 0 Å². The van der Waals surface area contributed by atoms with Crippen LogP contribution in [0, 0.1) is 0 Å². The molecule has 10 heavy (non-hydrogen) atoms. The molecule has 0 fully saturated rings. The van der Waals surface area contributed by atoms with Crippen LogP contribution < -0.4 is 10.6 Å². The van der Waals surface area contributed by atoms with E-state index in [0.717, 1.165) is 11.5 Å². The van der Waals surface area contributed by atoms with Gasteiger partial charge in [0.1, 0.15) is 0 Å². The number of aromatic nitrogens is 1. The average Bonchev–Trinajstić information content (AvgIpc) is 2.34. The monoisotopic (exact) mass is 231 g/mol. The Morgan fingerprint density at radius 3 is 2.90 bits per heavy atom. The summed E-state index contributed by atoms with van der Waals surface area (Å²) in [5.74, 6) is 0. The van der Waals surface area contributed by atoms with Gasteiger partial charge in [-0.15, -0.1) is 13.3 Å². The topological polar surface area (TPSA) is 43.1 Å². The lowest BCUT2D eigenvalue weighted by atomic mass is 11.5. The van der Waals surface area contributed by atoms with Crippen LogP contribution >= 0.6 is 44.6 Å². The third-order valence-electron chi connectivity index (χ3n) is 0.718. The van der Waals surface area contributed by atoms with Crippen molar-refractivity contribution in [1.82, 2.24) is 4.37 Å². The minimum absolute atomic E-state index is 0.312. The highest BCUT2D eigenvalue weighted by molar-refractivity contribution is 8.63. The molecule has 4 unspecified atom stereocenters. The van der Waals surface area contributed by atoms with E-state index in [4.69, 9.17) is 4.42 Å². The summed E-state index contributed by atoms with van der Waals surface area (Å²) in [6.07, 6.45) is 0. The third-order valence-corrected chi connectivity index (χ3v) is 10.8. The lowest BCUT2D eigenvalue weighted by molar-refractivity contribution is 0.565. The molecule has 0 aromatic carbocycles. The van der Waals surface area contributed by atoms with Gasteiger partial charge in [-0.05, 0) is 0 Å². The van der Waals surface area contributed by atoms with Crippen molar-refractivity contribution in [3.63, 3.8) is 0 Å². The van der Waals surface area contributed by atoms with Gasteiger partial charge in [0, 0.05) is 7.30 Å². The molecule has 0 bridgehead atoms. The van der Waals surface area contributed by atoms with Gasteiger partial charge in [-0.2, -0.15) is 0 Å². The predicted octanol–water partition coefficient (Wildman–Crippen LogP) is 1.38. The van der Waals surface area contributed by atoms with Gasteiger partial charge < -0.3 is 4.42 Å². The fraction of sp³-hybridized carbons (Fsp3) is 0. The highest BCUT2D eigenvalue weighted by Gasteiger charge is 2.08. The van der Waals surface area contributed by atoms with Crippen LogP contribution in [0.25, 0.3) is 0 Å². The van der Waals surface area contributed by atoms with Crippen LogP contribution in [0.15, 0.2) is 9.21 Å². The van der Waals surface area contributed by atoms with Crippen LogP contribution in [0.5, 0.6) is 0 Å². The molecule has 0 aliphatic rings. The second-order valence-corrected chi connectivity index (χ2v) is 11.0. The Labute approximate surface area is 69.2 Å². The van der Waals surface area contributed by atoms with E-state index in [0.29, 0.717) is 13.6 Å². The number of hydrogen-bond acceptors (Lipinski definition) is 4. The first-order valence-corrected chi connectivity index (χ1v) is 9.60. The fourth-order valence-electron chi connectivity index (χ4n) is 0.336. The molecular formula is C2H5NO2P4S. The van der Waals surface area contributed by atoms with Gasteiger partial charge in [0.05, 0.1) is 11.5 Å². The normalized spacial score (nSPS) is 14.6. The number of nitrogens with zero attached hydrogens (tertiary/aromatic N) is 1. The van der Waals surface area contributed by atoms with Crippen molar-refractivity contribution in [2.75, 3.05) is 0 Å². The van der Waals surface area contributed by atoms with E-state index in [-0.39, 0.29) is 4.94 Å². The van der Waals surface area contributed by atoms with Crippen molar-refractivity contribution in [1.29, 1.82) is 0 Å². The van der Waals surface area contributed by atoms with E-state index in [9.17, 15) is 4.79 Å². The quantitative estimate of drug-likeness (QED) is 0.722. The van der Waals surface area contributed by atoms with Crippen LogP contribution in [-0.2, 0) is 0 Å². The molecule has 0 radical (unpaired) electrons. The zero-order valence-electron chi connectivity index (χ0n) is 4.77. The zero-order chi connectivity index (χ0) is 7.56. The Morgan fingerprint density at radius 2 is 2.50 bits per heavy atom. The first kappa shape index (κ1) is 9.17.